The van der Waals surface area contributed by atoms with Gasteiger partial charge in [-0.25, -0.2) is 0 Å². The molecule has 0 aliphatic rings. The third kappa shape index (κ3) is 3.58. The maximum atomic E-state index is 6.15. The van der Waals surface area contributed by atoms with E-state index in [0.29, 0.717) is 0 Å². The number of hydrogen-bond acceptors (Lipinski definition) is 2. The molecule has 0 heterocycles. The van der Waals surface area contributed by atoms with E-state index in [9.17, 15) is 0 Å². The minimum Gasteiger partial charge on any atom is -0.497 e. The van der Waals surface area contributed by atoms with Crippen molar-refractivity contribution in [3.8, 4) is 5.75 Å². The molecule has 98 valence electrons. The molecule has 0 bridgehead atoms. The van der Waals surface area contributed by atoms with Crippen molar-refractivity contribution in [1.29, 1.82) is 0 Å². The van der Waals surface area contributed by atoms with Gasteiger partial charge in [-0.15, -0.1) is 0 Å². The molecule has 1 atom stereocenters. The molecule has 0 aliphatic heterocycles. The Labute approximate surface area is 118 Å². The molecule has 0 spiro atoms. The van der Waals surface area contributed by atoms with Crippen LogP contribution in [0.1, 0.15) is 24.1 Å². The summed E-state index contributed by atoms with van der Waals surface area (Å²) in [6.45, 7) is 2.03. The first-order valence-electron chi connectivity index (χ1n) is 6.12. The molecule has 2 nitrogen and oxygen atoms in total. The highest BCUT2D eigenvalue weighted by Crippen LogP contribution is 2.24. The van der Waals surface area contributed by atoms with Gasteiger partial charge in [0.2, 0.25) is 0 Å². The average molecular weight is 274 g/mol. The molecule has 0 aromatic heterocycles. The molecule has 0 fully saturated rings. The molecule has 3 heteroatoms. The second-order valence-corrected chi connectivity index (χ2v) is 4.66. The molecular weight excluding hydrogens is 258 g/mol. The normalized spacial score (nSPS) is 12.6. The topological polar surface area (TPSA) is 21.6 Å². The standard InChI is InChI=1S/C16H16ClNO/c1-12(15-5-3-4-6-16(15)17)18-11-13-7-9-14(19-2)10-8-13/h3-12H,1-2H3/b18-11-. The minimum atomic E-state index is 0.0378. The van der Waals surface area contributed by atoms with Crippen LogP contribution in [0.25, 0.3) is 0 Å². The fourth-order valence-corrected chi connectivity index (χ4v) is 2.08. The number of benzene rings is 2. The molecule has 0 amide bonds. The van der Waals surface area contributed by atoms with Crippen LogP contribution in [0.2, 0.25) is 5.02 Å². The molecule has 2 aromatic carbocycles. The van der Waals surface area contributed by atoms with Gasteiger partial charge in [-0.05, 0) is 48.4 Å². The summed E-state index contributed by atoms with van der Waals surface area (Å²) in [6.07, 6.45) is 1.85. The zero-order valence-electron chi connectivity index (χ0n) is 11.0. The van der Waals surface area contributed by atoms with Crippen molar-refractivity contribution in [2.75, 3.05) is 7.11 Å². The zero-order chi connectivity index (χ0) is 13.7. The summed E-state index contributed by atoms with van der Waals surface area (Å²) in [7, 11) is 1.66. The number of halogens is 1. The van der Waals surface area contributed by atoms with Crippen molar-refractivity contribution in [3.63, 3.8) is 0 Å². The van der Waals surface area contributed by atoms with Crippen LogP contribution in [0, 0.1) is 0 Å². The largest absolute Gasteiger partial charge is 0.497 e. The third-order valence-electron chi connectivity index (χ3n) is 2.92. The van der Waals surface area contributed by atoms with Gasteiger partial charge in [-0.1, -0.05) is 29.8 Å². The van der Waals surface area contributed by atoms with E-state index in [1.807, 2.05) is 61.7 Å². The maximum Gasteiger partial charge on any atom is 0.118 e. The van der Waals surface area contributed by atoms with Crippen LogP contribution in [0.3, 0.4) is 0 Å². The molecule has 2 rings (SSSR count). The van der Waals surface area contributed by atoms with Crippen LogP contribution in [-0.2, 0) is 0 Å². The molecule has 0 radical (unpaired) electrons. The number of hydrogen-bond donors (Lipinski definition) is 0. The Kier molecular flexibility index (Phi) is 4.58. The lowest BCUT2D eigenvalue weighted by Crippen LogP contribution is -1.92. The molecule has 0 saturated heterocycles. The number of methoxy groups -OCH3 is 1. The van der Waals surface area contributed by atoms with Crippen LogP contribution in [-0.4, -0.2) is 13.3 Å². The second-order valence-electron chi connectivity index (χ2n) is 4.25. The van der Waals surface area contributed by atoms with Crippen LogP contribution in [0.4, 0.5) is 0 Å². The Morgan fingerprint density at radius 2 is 1.79 bits per heavy atom. The zero-order valence-corrected chi connectivity index (χ0v) is 11.8. The Morgan fingerprint density at radius 1 is 1.11 bits per heavy atom. The quantitative estimate of drug-likeness (QED) is 0.750. The van der Waals surface area contributed by atoms with E-state index in [-0.39, 0.29) is 6.04 Å². The lowest BCUT2D eigenvalue weighted by molar-refractivity contribution is 0.415. The first-order chi connectivity index (χ1) is 9.20. The third-order valence-corrected chi connectivity index (χ3v) is 3.26. The van der Waals surface area contributed by atoms with E-state index >= 15 is 0 Å². The fourth-order valence-electron chi connectivity index (χ4n) is 1.78. The van der Waals surface area contributed by atoms with E-state index in [4.69, 9.17) is 16.3 Å². The summed E-state index contributed by atoms with van der Waals surface area (Å²) < 4.78 is 5.12. The number of rotatable bonds is 4. The molecule has 2 aromatic rings. The Hall–Kier alpha value is -1.80. The van der Waals surface area contributed by atoms with E-state index in [0.717, 1.165) is 21.9 Å². The van der Waals surface area contributed by atoms with Crippen LogP contribution in [0.15, 0.2) is 53.5 Å². The van der Waals surface area contributed by atoms with Crippen molar-refractivity contribution in [3.05, 3.63) is 64.7 Å². The summed E-state index contributed by atoms with van der Waals surface area (Å²) in [5.74, 6) is 0.844. The molecule has 19 heavy (non-hydrogen) atoms. The summed E-state index contributed by atoms with van der Waals surface area (Å²) in [4.78, 5) is 4.53. The summed E-state index contributed by atoms with van der Waals surface area (Å²) in [5.41, 5.74) is 2.08. The highest BCUT2D eigenvalue weighted by Gasteiger charge is 2.06. The van der Waals surface area contributed by atoms with E-state index in [1.165, 1.54) is 0 Å². The smallest absolute Gasteiger partial charge is 0.118 e. The van der Waals surface area contributed by atoms with Crippen molar-refractivity contribution < 1.29 is 4.74 Å². The summed E-state index contributed by atoms with van der Waals surface area (Å²) in [6, 6.07) is 15.6. The molecule has 0 aliphatic carbocycles. The van der Waals surface area contributed by atoms with Crippen LogP contribution >= 0.6 is 11.6 Å². The summed E-state index contributed by atoms with van der Waals surface area (Å²) in [5, 5.41) is 0.752. The molecule has 1 unspecified atom stereocenters. The van der Waals surface area contributed by atoms with Crippen molar-refractivity contribution in [1.82, 2.24) is 0 Å². The van der Waals surface area contributed by atoms with Gasteiger partial charge in [0, 0.05) is 11.2 Å². The van der Waals surface area contributed by atoms with E-state index in [2.05, 4.69) is 4.99 Å². The first-order valence-corrected chi connectivity index (χ1v) is 6.50. The van der Waals surface area contributed by atoms with Crippen LogP contribution in [0.5, 0.6) is 5.75 Å². The van der Waals surface area contributed by atoms with Crippen LogP contribution < -0.4 is 4.74 Å². The highest BCUT2D eigenvalue weighted by molar-refractivity contribution is 6.31. The monoisotopic (exact) mass is 273 g/mol. The average Bonchev–Trinajstić information content (AvgIpc) is 2.46. The highest BCUT2D eigenvalue weighted by atomic mass is 35.5. The predicted molar refractivity (Wildman–Crippen MR) is 80.5 cm³/mol. The fraction of sp³-hybridized carbons (Fsp3) is 0.188. The van der Waals surface area contributed by atoms with Crippen molar-refractivity contribution >= 4 is 17.8 Å². The Bertz CT molecular complexity index is 563. The molecule has 0 saturated carbocycles. The number of aliphatic imine (C=N–C) groups is 1. The second kappa shape index (κ2) is 6.39. The Balaban J connectivity index is 2.11. The van der Waals surface area contributed by atoms with E-state index in [1.54, 1.807) is 7.11 Å². The van der Waals surface area contributed by atoms with Gasteiger partial charge < -0.3 is 4.74 Å². The maximum absolute atomic E-state index is 6.15. The predicted octanol–water partition coefficient (Wildman–Crippen LogP) is 4.53. The molecule has 0 N–H and O–H groups in total. The SMILES string of the molecule is COc1ccc(/C=N\C(C)c2ccccc2Cl)cc1. The Morgan fingerprint density at radius 3 is 2.42 bits per heavy atom. The van der Waals surface area contributed by atoms with Gasteiger partial charge in [-0.2, -0.15) is 0 Å². The molecular formula is C16H16ClNO. The number of ether oxygens (including phenoxy) is 1. The van der Waals surface area contributed by atoms with Gasteiger partial charge in [0.1, 0.15) is 5.75 Å². The van der Waals surface area contributed by atoms with Gasteiger partial charge >= 0.3 is 0 Å². The summed E-state index contributed by atoms with van der Waals surface area (Å²) >= 11 is 6.15. The first kappa shape index (κ1) is 13.6. The van der Waals surface area contributed by atoms with Crippen molar-refractivity contribution in [2.45, 2.75) is 13.0 Å². The number of nitrogens with zero attached hydrogens (tertiary/aromatic N) is 1. The minimum absolute atomic E-state index is 0.0378. The van der Waals surface area contributed by atoms with Gasteiger partial charge in [0.15, 0.2) is 0 Å². The van der Waals surface area contributed by atoms with Gasteiger partial charge in [-0.3, -0.25) is 4.99 Å². The van der Waals surface area contributed by atoms with Gasteiger partial charge in [0.25, 0.3) is 0 Å². The lowest BCUT2D eigenvalue weighted by Gasteiger charge is -2.08. The van der Waals surface area contributed by atoms with E-state index < -0.39 is 0 Å². The van der Waals surface area contributed by atoms with Gasteiger partial charge in [0.05, 0.1) is 13.2 Å². The lowest BCUT2D eigenvalue weighted by atomic mass is 10.1. The van der Waals surface area contributed by atoms with Crippen molar-refractivity contribution in [2.24, 2.45) is 4.99 Å².